The normalized spacial score (nSPS) is 9.94. The highest BCUT2D eigenvalue weighted by Crippen LogP contribution is 2.13. The van der Waals surface area contributed by atoms with E-state index < -0.39 is 0 Å². The first-order chi connectivity index (χ1) is 7.50. The number of Topliss-reactive ketones (excluding diaryl/α,β-unsaturated/α-hetero) is 1. The predicted octanol–water partition coefficient (Wildman–Crippen LogP) is 2.50. The maximum atomic E-state index is 11.7. The predicted molar refractivity (Wildman–Crippen MR) is 66.4 cm³/mol. The Kier molecular flexibility index (Phi) is 4.68. The molecule has 0 atom stereocenters. The summed E-state index contributed by atoms with van der Waals surface area (Å²) in [4.78, 5) is 24.5. The smallest absolute Gasteiger partial charge is 0.222 e. The molecule has 0 aromatic heterocycles. The SMILES string of the molecule is CN(C)C(=O)CCC(=O)c1cccc(Br)c1. The third kappa shape index (κ3) is 3.77. The summed E-state index contributed by atoms with van der Waals surface area (Å²) in [6.45, 7) is 0. The number of halogens is 1. The van der Waals surface area contributed by atoms with Crippen molar-refractivity contribution in [3.63, 3.8) is 0 Å². The number of carbonyl (C=O) groups excluding carboxylic acids is 2. The van der Waals surface area contributed by atoms with Crippen molar-refractivity contribution in [2.45, 2.75) is 12.8 Å². The van der Waals surface area contributed by atoms with Crippen LogP contribution in [-0.4, -0.2) is 30.7 Å². The third-order valence-electron chi connectivity index (χ3n) is 2.21. The van der Waals surface area contributed by atoms with Crippen LogP contribution in [-0.2, 0) is 4.79 Å². The van der Waals surface area contributed by atoms with E-state index in [4.69, 9.17) is 0 Å². The molecule has 0 spiro atoms. The van der Waals surface area contributed by atoms with Gasteiger partial charge in [0.05, 0.1) is 0 Å². The lowest BCUT2D eigenvalue weighted by Gasteiger charge is -2.09. The monoisotopic (exact) mass is 283 g/mol. The highest BCUT2D eigenvalue weighted by molar-refractivity contribution is 9.10. The molecule has 0 N–H and O–H groups in total. The Labute approximate surface area is 104 Å². The van der Waals surface area contributed by atoms with Crippen molar-refractivity contribution in [2.24, 2.45) is 0 Å². The average molecular weight is 284 g/mol. The van der Waals surface area contributed by atoms with Crippen LogP contribution < -0.4 is 0 Å². The molecule has 3 nitrogen and oxygen atoms in total. The lowest BCUT2D eigenvalue weighted by molar-refractivity contribution is -0.128. The average Bonchev–Trinajstić information content (AvgIpc) is 2.25. The maximum absolute atomic E-state index is 11.7. The van der Waals surface area contributed by atoms with Gasteiger partial charge in [0.25, 0.3) is 0 Å². The molecule has 0 aliphatic rings. The number of hydrogen-bond acceptors (Lipinski definition) is 2. The van der Waals surface area contributed by atoms with E-state index in [0.717, 1.165) is 4.47 Å². The van der Waals surface area contributed by atoms with Crippen LogP contribution in [0.4, 0.5) is 0 Å². The molecule has 1 rings (SSSR count). The molecule has 86 valence electrons. The molecule has 0 saturated carbocycles. The van der Waals surface area contributed by atoms with Gasteiger partial charge in [0.1, 0.15) is 0 Å². The second kappa shape index (κ2) is 5.80. The molecule has 16 heavy (non-hydrogen) atoms. The zero-order chi connectivity index (χ0) is 12.1. The molecule has 1 aromatic carbocycles. The van der Waals surface area contributed by atoms with Crippen molar-refractivity contribution in [1.82, 2.24) is 4.90 Å². The number of nitrogens with zero attached hydrogens (tertiary/aromatic N) is 1. The molecule has 1 aromatic rings. The number of amides is 1. The largest absolute Gasteiger partial charge is 0.349 e. The maximum Gasteiger partial charge on any atom is 0.222 e. The van der Waals surface area contributed by atoms with Gasteiger partial charge in [0.2, 0.25) is 5.91 Å². The Morgan fingerprint density at radius 1 is 1.25 bits per heavy atom. The van der Waals surface area contributed by atoms with Crippen molar-refractivity contribution in [3.8, 4) is 0 Å². The number of hydrogen-bond donors (Lipinski definition) is 0. The van der Waals surface area contributed by atoms with Crippen LogP contribution in [0.15, 0.2) is 28.7 Å². The second-order valence-corrected chi connectivity index (χ2v) is 4.64. The minimum Gasteiger partial charge on any atom is -0.349 e. The van der Waals surface area contributed by atoms with Crippen LogP contribution in [0.5, 0.6) is 0 Å². The molecule has 0 bridgehead atoms. The van der Waals surface area contributed by atoms with Gasteiger partial charge >= 0.3 is 0 Å². The first-order valence-corrected chi connectivity index (χ1v) is 5.79. The molecule has 0 fully saturated rings. The molecule has 0 unspecified atom stereocenters. The first kappa shape index (κ1) is 12.9. The van der Waals surface area contributed by atoms with E-state index in [0.29, 0.717) is 5.56 Å². The van der Waals surface area contributed by atoms with Crippen LogP contribution in [0.25, 0.3) is 0 Å². The molecule has 4 heteroatoms. The molecule has 1 amide bonds. The van der Waals surface area contributed by atoms with E-state index in [2.05, 4.69) is 15.9 Å². The lowest BCUT2D eigenvalue weighted by Crippen LogP contribution is -2.22. The van der Waals surface area contributed by atoms with Crippen molar-refractivity contribution in [1.29, 1.82) is 0 Å². The molecule has 0 radical (unpaired) electrons. The van der Waals surface area contributed by atoms with Crippen molar-refractivity contribution < 1.29 is 9.59 Å². The highest BCUT2D eigenvalue weighted by atomic mass is 79.9. The Balaban J connectivity index is 2.57. The Morgan fingerprint density at radius 2 is 1.94 bits per heavy atom. The van der Waals surface area contributed by atoms with Crippen molar-refractivity contribution in [3.05, 3.63) is 34.3 Å². The van der Waals surface area contributed by atoms with Gasteiger partial charge in [-0.25, -0.2) is 0 Å². The summed E-state index contributed by atoms with van der Waals surface area (Å²) >= 11 is 3.31. The number of benzene rings is 1. The molecule has 0 aliphatic heterocycles. The number of ketones is 1. The topological polar surface area (TPSA) is 37.4 Å². The second-order valence-electron chi connectivity index (χ2n) is 3.72. The summed E-state index contributed by atoms with van der Waals surface area (Å²) in [6, 6.07) is 7.20. The van der Waals surface area contributed by atoms with E-state index in [1.807, 2.05) is 12.1 Å². The quantitative estimate of drug-likeness (QED) is 0.797. The lowest BCUT2D eigenvalue weighted by atomic mass is 10.1. The van der Waals surface area contributed by atoms with E-state index in [1.54, 1.807) is 26.2 Å². The minimum absolute atomic E-state index is 0.00324. The van der Waals surface area contributed by atoms with E-state index in [9.17, 15) is 9.59 Å². The zero-order valence-corrected chi connectivity index (χ0v) is 11.0. The first-order valence-electron chi connectivity index (χ1n) is 4.99. The molecule has 0 saturated heterocycles. The number of rotatable bonds is 4. The Bertz CT molecular complexity index is 402. The van der Waals surface area contributed by atoms with Crippen LogP contribution in [0.2, 0.25) is 0 Å². The Morgan fingerprint density at radius 3 is 2.50 bits per heavy atom. The molecular weight excluding hydrogens is 270 g/mol. The summed E-state index contributed by atoms with van der Waals surface area (Å²) < 4.78 is 0.872. The van der Waals surface area contributed by atoms with Crippen LogP contribution in [0.1, 0.15) is 23.2 Å². The van der Waals surface area contributed by atoms with Gasteiger partial charge in [0, 0.05) is 37.0 Å². The fourth-order valence-electron chi connectivity index (χ4n) is 1.25. The van der Waals surface area contributed by atoms with Crippen LogP contribution in [0, 0.1) is 0 Å². The van der Waals surface area contributed by atoms with Gasteiger partial charge < -0.3 is 4.90 Å². The summed E-state index contributed by atoms with van der Waals surface area (Å²) in [5, 5.41) is 0. The fraction of sp³-hybridized carbons (Fsp3) is 0.333. The van der Waals surface area contributed by atoms with Crippen molar-refractivity contribution in [2.75, 3.05) is 14.1 Å². The fourth-order valence-corrected chi connectivity index (χ4v) is 1.65. The van der Waals surface area contributed by atoms with Gasteiger partial charge in [-0.15, -0.1) is 0 Å². The van der Waals surface area contributed by atoms with E-state index in [-0.39, 0.29) is 24.5 Å². The molecular formula is C12H14BrNO2. The summed E-state index contributed by atoms with van der Waals surface area (Å²) in [5.41, 5.74) is 0.640. The van der Waals surface area contributed by atoms with E-state index >= 15 is 0 Å². The van der Waals surface area contributed by atoms with Gasteiger partial charge in [-0.05, 0) is 12.1 Å². The van der Waals surface area contributed by atoms with Crippen LogP contribution in [0.3, 0.4) is 0 Å². The Hall–Kier alpha value is -1.16. The summed E-state index contributed by atoms with van der Waals surface area (Å²) in [6.07, 6.45) is 0.520. The summed E-state index contributed by atoms with van der Waals surface area (Å²) in [5.74, 6) is -0.0279. The van der Waals surface area contributed by atoms with Crippen molar-refractivity contribution >= 4 is 27.6 Å². The molecule has 0 heterocycles. The van der Waals surface area contributed by atoms with Crippen LogP contribution >= 0.6 is 15.9 Å². The van der Waals surface area contributed by atoms with Gasteiger partial charge in [0.15, 0.2) is 5.78 Å². The highest BCUT2D eigenvalue weighted by Gasteiger charge is 2.10. The molecule has 0 aliphatic carbocycles. The van der Waals surface area contributed by atoms with E-state index in [1.165, 1.54) is 4.90 Å². The van der Waals surface area contributed by atoms with Gasteiger partial charge in [-0.1, -0.05) is 28.1 Å². The standard InChI is InChI=1S/C12H14BrNO2/c1-14(2)12(16)7-6-11(15)9-4-3-5-10(13)8-9/h3-5,8H,6-7H2,1-2H3. The summed E-state index contributed by atoms with van der Waals surface area (Å²) in [7, 11) is 3.37. The zero-order valence-electron chi connectivity index (χ0n) is 9.37. The minimum atomic E-state index is -0.0247. The van der Waals surface area contributed by atoms with Gasteiger partial charge in [-0.2, -0.15) is 0 Å². The van der Waals surface area contributed by atoms with Gasteiger partial charge in [-0.3, -0.25) is 9.59 Å². The third-order valence-corrected chi connectivity index (χ3v) is 2.70. The number of carbonyl (C=O) groups is 2.